The molecule has 5 heteroatoms. The van der Waals surface area contributed by atoms with Gasteiger partial charge >= 0.3 is 5.69 Å². The molecule has 0 unspecified atom stereocenters. The maximum absolute atomic E-state index is 11.4. The summed E-state index contributed by atoms with van der Waals surface area (Å²) >= 11 is 0. The number of hydrogen-bond donors (Lipinski definition) is 1. The van der Waals surface area contributed by atoms with E-state index in [1.54, 1.807) is 11.7 Å². The maximum atomic E-state index is 11.4. The number of rotatable bonds is 3. The molecule has 0 bridgehead atoms. The van der Waals surface area contributed by atoms with Gasteiger partial charge in [0.1, 0.15) is 5.75 Å². The third-order valence-electron chi connectivity index (χ3n) is 2.42. The molecule has 1 aromatic carbocycles. The van der Waals surface area contributed by atoms with Crippen molar-refractivity contribution < 1.29 is 4.74 Å². The van der Waals surface area contributed by atoms with E-state index >= 15 is 0 Å². The Bertz CT molecular complexity index is 542. The monoisotopic (exact) mass is 219 g/mol. The van der Waals surface area contributed by atoms with E-state index in [0.29, 0.717) is 18.1 Å². The highest BCUT2D eigenvalue weighted by Gasteiger charge is 2.12. The molecular weight excluding hydrogens is 206 g/mol. The average Bonchev–Trinajstić information content (AvgIpc) is 2.70. The van der Waals surface area contributed by atoms with E-state index in [4.69, 9.17) is 4.74 Å². The van der Waals surface area contributed by atoms with E-state index in [0.717, 1.165) is 5.56 Å². The predicted octanol–water partition coefficient (Wildman–Crippen LogP) is 1.27. The van der Waals surface area contributed by atoms with Gasteiger partial charge in [-0.05, 0) is 19.1 Å². The Morgan fingerprint density at radius 3 is 2.88 bits per heavy atom. The smallest absolute Gasteiger partial charge is 0.343 e. The van der Waals surface area contributed by atoms with Gasteiger partial charge in [-0.3, -0.25) is 4.57 Å². The van der Waals surface area contributed by atoms with Crippen LogP contribution in [0.5, 0.6) is 5.75 Å². The van der Waals surface area contributed by atoms with Crippen molar-refractivity contribution >= 4 is 0 Å². The standard InChI is InChI=1S/C11H13N3O2/c1-3-14-10(12-13-11(14)15)8-6-4-5-7-9(8)16-2/h4-7H,3H2,1-2H3,(H,13,15). The molecule has 0 saturated carbocycles. The van der Waals surface area contributed by atoms with Crippen molar-refractivity contribution in [2.24, 2.45) is 0 Å². The number of nitrogens with one attached hydrogen (secondary N) is 1. The van der Waals surface area contributed by atoms with Crippen molar-refractivity contribution in [3.8, 4) is 17.1 Å². The third kappa shape index (κ3) is 1.60. The number of methoxy groups -OCH3 is 1. The summed E-state index contributed by atoms with van der Waals surface area (Å²) in [6.07, 6.45) is 0. The van der Waals surface area contributed by atoms with Crippen molar-refractivity contribution in [1.29, 1.82) is 0 Å². The Balaban J connectivity index is 2.62. The second-order valence-electron chi connectivity index (χ2n) is 3.30. The van der Waals surface area contributed by atoms with Crippen LogP contribution >= 0.6 is 0 Å². The van der Waals surface area contributed by atoms with E-state index in [1.165, 1.54) is 0 Å². The van der Waals surface area contributed by atoms with Gasteiger partial charge in [0.25, 0.3) is 0 Å². The molecule has 0 spiro atoms. The Morgan fingerprint density at radius 2 is 2.19 bits per heavy atom. The van der Waals surface area contributed by atoms with E-state index in [2.05, 4.69) is 10.2 Å². The fraction of sp³-hybridized carbons (Fsp3) is 0.273. The summed E-state index contributed by atoms with van der Waals surface area (Å²) < 4.78 is 6.81. The van der Waals surface area contributed by atoms with Crippen molar-refractivity contribution in [1.82, 2.24) is 14.8 Å². The van der Waals surface area contributed by atoms with Gasteiger partial charge < -0.3 is 4.74 Å². The summed E-state index contributed by atoms with van der Waals surface area (Å²) in [7, 11) is 1.60. The second-order valence-corrected chi connectivity index (χ2v) is 3.30. The van der Waals surface area contributed by atoms with Gasteiger partial charge in [0, 0.05) is 6.54 Å². The molecular formula is C11H13N3O2. The summed E-state index contributed by atoms with van der Waals surface area (Å²) in [5.41, 5.74) is 0.605. The first-order valence-corrected chi connectivity index (χ1v) is 5.06. The number of nitrogens with zero attached hydrogens (tertiary/aromatic N) is 2. The topological polar surface area (TPSA) is 59.9 Å². The summed E-state index contributed by atoms with van der Waals surface area (Å²) in [4.78, 5) is 11.4. The van der Waals surface area contributed by atoms with E-state index < -0.39 is 0 Å². The predicted molar refractivity (Wildman–Crippen MR) is 60.5 cm³/mol. The molecule has 1 aromatic heterocycles. The highest BCUT2D eigenvalue weighted by Crippen LogP contribution is 2.26. The van der Waals surface area contributed by atoms with Gasteiger partial charge in [0.15, 0.2) is 5.82 Å². The van der Waals surface area contributed by atoms with Crippen LogP contribution in [0.3, 0.4) is 0 Å². The molecule has 1 heterocycles. The number of H-pyrrole nitrogens is 1. The molecule has 0 amide bonds. The molecule has 0 aliphatic carbocycles. The fourth-order valence-corrected chi connectivity index (χ4v) is 1.65. The highest BCUT2D eigenvalue weighted by atomic mass is 16.5. The van der Waals surface area contributed by atoms with Gasteiger partial charge in [-0.1, -0.05) is 12.1 Å². The van der Waals surface area contributed by atoms with Crippen LogP contribution in [0, 0.1) is 0 Å². The molecule has 84 valence electrons. The van der Waals surface area contributed by atoms with Gasteiger partial charge in [-0.15, -0.1) is 0 Å². The number of benzene rings is 1. The molecule has 0 aliphatic rings. The van der Waals surface area contributed by atoms with Crippen LogP contribution in [0.4, 0.5) is 0 Å². The largest absolute Gasteiger partial charge is 0.496 e. The summed E-state index contributed by atoms with van der Waals surface area (Å²) in [5.74, 6) is 1.31. The molecule has 0 aliphatic heterocycles. The van der Waals surface area contributed by atoms with Crippen LogP contribution in [-0.2, 0) is 6.54 Å². The van der Waals surface area contributed by atoms with Crippen LogP contribution in [0.15, 0.2) is 29.1 Å². The second kappa shape index (κ2) is 4.22. The molecule has 0 saturated heterocycles. The normalized spacial score (nSPS) is 10.4. The molecule has 0 radical (unpaired) electrons. The minimum atomic E-state index is -0.205. The van der Waals surface area contributed by atoms with Crippen LogP contribution < -0.4 is 10.4 Å². The van der Waals surface area contributed by atoms with Crippen molar-refractivity contribution in [3.05, 3.63) is 34.7 Å². The van der Waals surface area contributed by atoms with Gasteiger partial charge in [-0.2, -0.15) is 5.10 Å². The molecule has 1 N–H and O–H groups in total. The van der Waals surface area contributed by atoms with Crippen LogP contribution in [0.2, 0.25) is 0 Å². The van der Waals surface area contributed by atoms with E-state index in [9.17, 15) is 4.79 Å². The lowest BCUT2D eigenvalue weighted by Crippen LogP contribution is -2.16. The maximum Gasteiger partial charge on any atom is 0.343 e. The summed E-state index contributed by atoms with van der Waals surface area (Å²) in [6.45, 7) is 2.47. The average molecular weight is 219 g/mol. The van der Waals surface area contributed by atoms with Crippen molar-refractivity contribution in [2.75, 3.05) is 7.11 Å². The zero-order valence-electron chi connectivity index (χ0n) is 9.23. The SMILES string of the molecule is CCn1c(-c2ccccc2OC)n[nH]c1=O. The van der Waals surface area contributed by atoms with Crippen LogP contribution in [0.25, 0.3) is 11.4 Å². The number of para-hydroxylation sites is 1. The summed E-state index contributed by atoms with van der Waals surface area (Å²) in [5, 5.41) is 6.45. The molecule has 0 fully saturated rings. The van der Waals surface area contributed by atoms with Gasteiger partial charge in [-0.25, -0.2) is 9.89 Å². The quantitative estimate of drug-likeness (QED) is 0.845. The Hall–Kier alpha value is -2.04. The zero-order valence-corrected chi connectivity index (χ0v) is 9.23. The fourth-order valence-electron chi connectivity index (χ4n) is 1.65. The first kappa shape index (κ1) is 10.5. The first-order chi connectivity index (χ1) is 7.77. The number of ether oxygens (including phenoxy) is 1. The number of aromatic nitrogens is 3. The molecule has 2 aromatic rings. The van der Waals surface area contributed by atoms with Gasteiger partial charge in [0.2, 0.25) is 0 Å². The van der Waals surface area contributed by atoms with E-state index in [-0.39, 0.29) is 5.69 Å². The molecule has 5 nitrogen and oxygen atoms in total. The molecule has 0 atom stereocenters. The Kier molecular flexibility index (Phi) is 2.76. The van der Waals surface area contributed by atoms with Crippen molar-refractivity contribution in [2.45, 2.75) is 13.5 Å². The van der Waals surface area contributed by atoms with Crippen LogP contribution in [-0.4, -0.2) is 21.9 Å². The molecule has 2 rings (SSSR count). The third-order valence-corrected chi connectivity index (χ3v) is 2.42. The number of hydrogen-bond acceptors (Lipinski definition) is 3. The molecule has 16 heavy (non-hydrogen) atoms. The summed E-state index contributed by atoms with van der Waals surface area (Å²) in [6, 6.07) is 7.48. The van der Waals surface area contributed by atoms with Crippen molar-refractivity contribution in [3.63, 3.8) is 0 Å². The van der Waals surface area contributed by atoms with E-state index in [1.807, 2.05) is 31.2 Å². The first-order valence-electron chi connectivity index (χ1n) is 5.06. The van der Waals surface area contributed by atoms with Gasteiger partial charge in [0.05, 0.1) is 12.7 Å². The Labute approximate surface area is 92.7 Å². The highest BCUT2D eigenvalue weighted by molar-refractivity contribution is 5.63. The Morgan fingerprint density at radius 1 is 1.44 bits per heavy atom. The number of aromatic amines is 1. The lowest BCUT2D eigenvalue weighted by molar-refractivity contribution is 0.416. The zero-order chi connectivity index (χ0) is 11.5. The lowest BCUT2D eigenvalue weighted by atomic mass is 10.2. The van der Waals surface area contributed by atoms with Crippen LogP contribution in [0.1, 0.15) is 6.92 Å². The minimum Gasteiger partial charge on any atom is -0.496 e. The lowest BCUT2D eigenvalue weighted by Gasteiger charge is -2.07. The minimum absolute atomic E-state index is 0.205.